The lowest BCUT2D eigenvalue weighted by Crippen LogP contribution is -2.57. The summed E-state index contributed by atoms with van der Waals surface area (Å²) in [7, 11) is 0. The lowest BCUT2D eigenvalue weighted by Gasteiger charge is -2.37. The highest BCUT2D eigenvalue weighted by Gasteiger charge is 2.47. The van der Waals surface area contributed by atoms with E-state index in [4.69, 9.17) is 16.6 Å². The van der Waals surface area contributed by atoms with Crippen molar-refractivity contribution in [3.8, 4) is 16.1 Å². The number of likely N-dealkylation sites (tertiary alicyclic amines) is 2. The van der Waals surface area contributed by atoms with Gasteiger partial charge in [0.25, 0.3) is 5.56 Å². The molecule has 0 radical (unpaired) electrons. The number of halogens is 1. The Morgan fingerprint density at radius 1 is 0.985 bits per heavy atom. The number of carbonyl (C=O) groups is 3. The Labute approximate surface area is 389 Å². The molecule has 3 amide bonds. The molecule has 1 spiro atoms. The van der Waals surface area contributed by atoms with Crippen LogP contribution in [0.2, 0.25) is 5.02 Å². The number of thiazole rings is 1. The third kappa shape index (κ3) is 8.77. The van der Waals surface area contributed by atoms with Gasteiger partial charge in [-0.25, -0.2) is 4.98 Å². The van der Waals surface area contributed by atoms with Gasteiger partial charge in [-0.3, -0.25) is 28.6 Å². The second-order valence-electron chi connectivity index (χ2n) is 20.0. The van der Waals surface area contributed by atoms with Gasteiger partial charge in [0, 0.05) is 19.0 Å². The quantitative estimate of drug-likeness (QED) is 0.128. The number of carbonyl (C=O) groups excluding carboxylic acids is 3. The normalized spacial score (nSPS) is 20.7. The summed E-state index contributed by atoms with van der Waals surface area (Å²) >= 11 is 8.17. The first kappa shape index (κ1) is 45.2. The number of β-amino-alcohol motifs (C(OH)–C–C–N with tert-alkyl or cyclic N) is 1. The third-order valence-electron chi connectivity index (χ3n) is 14.5. The highest BCUT2D eigenvalue weighted by atomic mass is 35.5. The molecule has 342 valence electrons. The monoisotopic (exact) mass is 917 g/mol. The Morgan fingerprint density at radius 3 is 2.42 bits per heavy atom. The van der Waals surface area contributed by atoms with Crippen LogP contribution in [0.15, 0.2) is 71.0 Å². The van der Waals surface area contributed by atoms with E-state index in [-0.39, 0.29) is 60.7 Å². The van der Waals surface area contributed by atoms with E-state index in [0.29, 0.717) is 16.3 Å². The number of benzene rings is 3. The third-order valence-corrected chi connectivity index (χ3v) is 15.8. The molecule has 0 bridgehead atoms. The van der Waals surface area contributed by atoms with Gasteiger partial charge in [-0.05, 0) is 111 Å². The van der Waals surface area contributed by atoms with Crippen LogP contribution in [0.3, 0.4) is 0 Å². The molecule has 1 saturated carbocycles. The number of amides is 3. The van der Waals surface area contributed by atoms with Crippen molar-refractivity contribution >= 4 is 51.6 Å². The van der Waals surface area contributed by atoms with Gasteiger partial charge in [0.15, 0.2) is 0 Å². The van der Waals surface area contributed by atoms with Crippen LogP contribution in [0.25, 0.3) is 27.0 Å². The van der Waals surface area contributed by atoms with Gasteiger partial charge in [-0.1, -0.05) is 94.1 Å². The zero-order valence-corrected chi connectivity index (χ0v) is 39.6. The molecule has 3 N–H and O–H groups in total. The zero-order chi connectivity index (χ0) is 45.8. The molecule has 4 atom stereocenters. The molecular formula is C51H60ClN7O5S. The van der Waals surface area contributed by atoms with Gasteiger partial charge in [0.2, 0.25) is 17.7 Å². The lowest BCUT2D eigenvalue weighted by molar-refractivity contribution is -0.141. The molecule has 9 rings (SSSR count). The van der Waals surface area contributed by atoms with Crippen molar-refractivity contribution in [2.24, 2.45) is 5.41 Å². The van der Waals surface area contributed by atoms with E-state index in [2.05, 4.69) is 43.3 Å². The number of fused-ring (bicyclic) bond motifs is 7. The van der Waals surface area contributed by atoms with Gasteiger partial charge in [-0.15, -0.1) is 11.3 Å². The number of nitrogens with zero attached hydrogens (tertiary/aromatic N) is 5. The molecule has 5 aromatic rings. The second-order valence-corrected chi connectivity index (χ2v) is 21.2. The molecule has 65 heavy (non-hydrogen) atoms. The van der Waals surface area contributed by atoms with Crippen LogP contribution in [0, 0.1) is 12.3 Å². The maximum absolute atomic E-state index is 14.3. The van der Waals surface area contributed by atoms with Gasteiger partial charge in [0.1, 0.15) is 11.9 Å². The number of aryl methyl sites for hydroxylation is 1. The summed E-state index contributed by atoms with van der Waals surface area (Å²) in [6.45, 7) is 11.5. The van der Waals surface area contributed by atoms with Crippen LogP contribution >= 0.6 is 22.9 Å². The van der Waals surface area contributed by atoms with E-state index >= 15 is 0 Å². The summed E-state index contributed by atoms with van der Waals surface area (Å²) in [5.41, 5.74) is 8.07. The van der Waals surface area contributed by atoms with E-state index in [0.717, 1.165) is 90.3 Å². The molecule has 4 aliphatic rings. The van der Waals surface area contributed by atoms with Gasteiger partial charge < -0.3 is 20.6 Å². The predicted molar refractivity (Wildman–Crippen MR) is 256 cm³/mol. The highest BCUT2D eigenvalue weighted by Crippen LogP contribution is 2.52. The number of nitrogens with one attached hydrogen (secondary N) is 2. The van der Waals surface area contributed by atoms with Crippen LogP contribution in [-0.4, -0.2) is 91.5 Å². The predicted octanol–water partition coefficient (Wildman–Crippen LogP) is 7.97. The van der Waals surface area contributed by atoms with Crippen molar-refractivity contribution in [3.63, 3.8) is 0 Å². The fourth-order valence-corrected chi connectivity index (χ4v) is 12.1. The first-order valence-corrected chi connectivity index (χ1v) is 24.5. The van der Waals surface area contributed by atoms with Gasteiger partial charge in [-0.2, -0.15) is 4.98 Å². The van der Waals surface area contributed by atoms with E-state index in [1.165, 1.54) is 17.5 Å². The van der Waals surface area contributed by atoms with Gasteiger partial charge >= 0.3 is 0 Å². The molecule has 5 heterocycles. The van der Waals surface area contributed by atoms with Crippen LogP contribution in [0.1, 0.15) is 126 Å². The largest absolute Gasteiger partial charge is 0.391 e. The Morgan fingerprint density at radius 2 is 1.72 bits per heavy atom. The van der Waals surface area contributed by atoms with E-state index in [1.807, 2.05) is 76.5 Å². The Balaban J connectivity index is 0.825. The Hall–Kier alpha value is -4.95. The number of hydrogen-bond donors (Lipinski definition) is 3. The average molecular weight is 919 g/mol. The van der Waals surface area contributed by atoms with Crippen molar-refractivity contribution in [1.82, 2.24) is 35.0 Å². The maximum Gasteiger partial charge on any atom is 0.282 e. The maximum atomic E-state index is 14.3. The summed E-state index contributed by atoms with van der Waals surface area (Å²) in [6.07, 6.45) is 6.58. The molecule has 14 heteroatoms. The number of rotatable bonds is 10. The minimum atomic E-state index is -0.844. The van der Waals surface area contributed by atoms with Crippen LogP contribution in [0.5, 0.6) is 0 Å². The van der Waals surface area contributed by atoms with E-state index in [1.54, 1.807) is 22.3 Å². The fourth-order valence-electron chi connectivity index (χ4n) is 11.1. The van der Waals surface area contributed by atoms with Crippen molar-refractivity contribution < 1.29 is 19.5 Å². The second kappa shape index (κ2) is 18.0. The minimum absolute atomic E-state index is 0.0474. The summed E-state index contributed by atoms with van der Waals surface area (Å²) in [5.74, 6) is 0.434. The number of piperidine rings is 1. The fraction of sp³-hybridized carbons (Fsp3) is 0.490. The molecular weight excluding hydrogens is 858 g/mol. The van der Waals surface area contributed by atoms with Crippen molar-refractivity contribution in [3.05, 3.63) is 110 Å². The van der Waals surface area contributed by atoms with Crippen molar-refractivity contribution in [1.29, 1.82) is 0 Å². The molecule has 12 nitrogen and oxygen atoms in total. The molecule has 1 aliphatic carbocycles. The number of aromatic nitrogens is 3. The van der Waals surface area contributed by atoms with Gasteiger partial charge in [0.05, 0.1) is 61.8 Å². The molecule has 3 aromatic carbocycles. The van der Waals surface area contributed by atoms with Crippen LogP contribution in [-0.2, 0) is 19.8 Å². The van der Waals surface area contributed by atoms with Crippen molar-refractivity contribution in [2.75, 3.05) is 26.2 Å². The lowest BCUT2D eigenvalue weighted by atomic mass is 9.69. The van der Waals surface area contributed by atoms with E-state index in [9.17, 15) is 24.3 Å². The SMILES string of the molecule is Cc1ncsc1-c1ccc([C@H](C)NC(=O)C[C@@H]2C[C@@H](O)CN2C(=O)[C@@H](NC(=O)CN2CCC(c3ccc4c(c3)C3(CCCCC3)c3nc(=O)c5c(Cl)cccc5n3-4)CC2)C(C)(C)C)cc1. The number of aliphatic hydroxyl groups is 1. The molecule has 2 saturated heterocycles. The Kier molecular flexibility index (Phi) is 12.5. The highest BCUT2D eigenvalue weighted by molar-refractivity contribution is 7.13. The number of hydrogen-bond acceptors (Lipinski definition) is 9. The topological polar surface area (TPSA) is 150 Å². The summed E-state index contributed by atoms with van der Waals surface area (Å²) in [6, 6.07) is 18.9. The molecule has 3 fully saturated rings. The summed E-state index contributed by atoms with van der Waals surface area (Å²) in [4.78, 5) is 69.0. The minimum Gasteiger partial charge on any atom is -0.391 e. The Bertz CT molecular complexity index is 2680. The van der Waals surface area contributed by atoms with Crippen molar-refractivity contribution in [2.45, 2.75) is 128 Å². The smallest absolute Gasteiger partial charge is 0.282 e. The first-order chi connectivity index (χ1) is 31.1. The molecule has 3 aliphatic heterocycles. The first-order valence-electron chi connectivity index (χ1n) is 23.3. The molecule has 0 unspecified atom stereocenters. The summed E-state index contributed by atoms with van der Waals surface area (Å²) < 4.78 is 2.18. The molecule has 2 aromatic heterocycles. The standard InChI is InChI=1S/C51H60ClN7O5S/c1-30(32-12-14-34(15-13-32)45-31(2)53-29-65-45)54-42(61)26-36-25-37(60)27-58(36)48(64)46(50(3,4)5)55-43(62)28-57-22-18-33(19-23-57)35-16-17-40-38(24-35)51(20-7-6-8-21-51)49-56-47(63)44-39(52)10-9-11-41(44)59(40)49/h9-17,24,29-30,33,36-37,46,60H,6-8,18-23,25-28H2,1-5H3,(H,54,61)(H,55,62)/t30-,36-,37+,46+/m0/s1. The average Bonchev–Trinajstić information content (AvgIpc) is 3.95. The number of aliphatic hydroxyl groups excluding tert-OH is 1. The summed E-state index contributed by atoms with van der Waals surface area (Å²) in [5, 5.41) is 17.8. The van der Waals surface area contributed by atoms with E-state index < -0.39 is 23.6 Å². The van der Waals surface area contributed by atoms with Crippen LogP contribution in [0.4, 0.5) is 0 Å². The zero-order valence-electron chi connectivity index (χ0n) is 38.0. The van der Waals surface area contributed by atoms with Crippen LogP contribution < -0.4 is 16.2 Å².